The standard InChI is InChI=1S/C5H6N2O.CH4/c8-4-5-3-6-1-2-7-5;/h1-3,8H,4H2;1H4. The van der Waals surface area contributed by atoms with Crippen molar-refractivity contribution in [2.45, 2.75) is 14.0 Å². The Bertz CT molecular complexity index is 152. The second kappa shape index (κ2) is 3.97. The van der Waals surface area contributed by atoms with Crippen molar-refractivity contribution in [3.63, 3.8) is 0 Å². The van der Waals surface area contributed by atoms with Crippen molar-refractivity contribution >= 4 is 0 Å². The van der Waals surface area contributed by atoms with Gasteiger partial charge in [-0.05, 0) is 0 Å². The van der Waals surface area contributed by atoms with Crippen LogP contribution in [0, 0.1) is 0 Å². The van der Waals surface area contributed by atoms with E-state index in [1.807, 2.05) is 0 Å². The fraction of sp³-hybridized carbons (Fsp3) is 0.333. The highest BCUT2D eigenvalue weighted by Crippen LogP contribution is 1.85. The summed E-state index contributed by atoms with van der Waals surface area (Å²) in [7, 11) is 0. The normalized spacial score (nSPS) is 8.11. The smallest absolute Gasteiger partial charge is 0.0868 e. The van der Waals surface area contributed by atoms with Gasteiger partial charge in [-0.15, -0.1) is 0 Å². The van der Waals surface area contributed by atoms with E-state index in [0.29, 0.717) is 5.69 Å². The van der Waals surface area contributed by atoms with Crippen LogP contribution in [0.1, 0.15) is 13.1 Å². The minimum atomic E-state index is -0.0339. The Morgan fingerprint density at radius 1 is 1.44 bits per heavy atom. The van der Waals surface area contributed by atoms with Gasteiger partial charge in [-0.25, -0.2) is 0 Å². The van der Waals surface area contributed by atoms with Crippen molar-refractivity contribution in [3.8, 4) is 0 Å². The minimum Gasteiger partial charge on any atom is -0.390 e. The largest absolute Gasteiger partial charge is 0.390 e. The summed E-state index contributed by atoms with van der Waals surface area (Å²) in [5.74, 6) is 0. The lowest BCUT2D eigenvalue weighted by Gasteiger charge is -1.87. The number of aromatic nitrogens is 2. The molecule has 1 heterocycles. The van der Waals surface area contributed by atoms with Crippen LogP contribution in [0.3, 0.4) is 0 Å². The number of hydrogen-bond acceptors (Lipinski definition) is 3. The molecule has 1 aromatic heterocycles. The van der Waals surface area contributed by atoms with Crippen LogP contribution >= 0.6 is 0 Å². The monoisotopic (exact) mass is 126 g/mol. The maximum atomic E-state index is 8.44. The molecular weight excluding hydrogens is 116 g/mol. The molecule has 0 bridgehead atoms. The third-order valence-corrected chi connectivity index (χ3v) is 0.779. The zero-order valence-electron chi connectivity index (χ0n) is 4.28. The highest BCUT2D eigenvalue weighted by Gasteiger charge is 1.84. The van der Waals surface area contributed by atoms with Gasteiger partial charge in [-0.3, -0.25) is 9.97 Å². The van der Waals surface area contributed by atoms with Crippen molar-refractivity contribution < 1.29 is 5.11 Å². The number of aliphatic hydroxyl groups is 1. The second-order valence-electron chi connectivity index (χ2n) is 1.35. The second-order valence-corrected chi connectivity index (χ2v) is 1.35. The van der Waals surface area contributed by atoms with Gasteiger partial charge in [-0.1, -0.05) is 7.43 Å². The van der Waals surface area contributed by atoms with Crippen LogP contribution in [0.2, 0.25) is 0 Å². The van der Waals surface area contributed by atoms with Gasteiger partial charge in [-0.2, -0.15) is 0 Å². The number of hydrogen-bond donors (Lipinski definition) is 1. The zero-order chi connectivity index (χ0) is 5.82. The third-order valence-electron chi connectivity index (χ3n) is 0.779. The number of nitrogens with zero attached hydrogens (tertiary/aromatic N) is 2. The molecule has 0 atom stereocenters. The van der Waals surface area contributed by atoms with Gasteiger partial charge < -0.3 is 5.11 Å². The van der Waals surface area contributed by atoms with Crippen LogP contribution < -0.4 is 0 Å². The first-order valence-corrected chi connectivity index (χ1v) is 2.29. The molecule has 0 saturated heterocycles. The SMILES string of the molecule is C.OCc1cnccn1. The molecule has 3 nitrogen and oxygen atoms in total. The van der Waals surface area contributed by atoms with E-state index in [0.717, 1.165) is 0 Å². The fourth-order valence-electron chi connectivity index (χ4n) is 0.412. The molecule has 3 heteroatoms. The van der Waals surface area contributed by atoms with Crippen molar-refractivity contribution in [1.29, 1.82) is 0 Å². The van der Waals surface area contributed by atoms with E-state index in [1.54, 1.807) is 12.4 Å². The molecule has 0 saturated carbocycles. The number of aliphatic hydroxyl groups excluding tert-OH is 1. The van der Waals surface area contributed by atoms with Crippen LogP contribution in [0.15, 0.2) is 18.6 Å². The molecule has 9 heavy (non-hydrogen) atoms. The predicted octanol–water partition coefficient (Wildman–Crippen LogP) is 0.605. The van der Waals surface area contributed by atoms with Crippen LogP contribution in [-0.4, -0.2) is 15.1 Å². The summed E-state index contributed by atoms with van der Waals surface area (Å²) in [6.45, 7) is -0.0339. The maximum absolute atomic E-state index is 8.44. The van der Waals surface area contributed by atoms with Crippen LogP contribution in [0.25, 0.3) is 0 Å². The average molecular weight is 126 g/mol. The van der Waals surface area contributed by atoms with Gasteiger partial charge in [0.05, 0.1) is 18.5 Å². The molecule has 0 unspecified atom stereocenters. The molecule has 0 radical (unpaired) electrons. The third kappa shape index (κ3) is 2.19. The Hall–Kier alpha value is -0.960. The van der Waals surface area contributed by atoms with E-state index in [4.69, 9.17) is 5.11 Å². The lowest BCUT2D eigenvalue weighted by Crippen LogP contribution is -1.86. The molecular formula is C6H10N2O. The van der Waals surface area contributed by atoms with Gasteiger partial charge in [0.2, 0.25) is 0 Å². The van der Waals surface area contributed by atoms with E-state index < -0.39 is 0 Å². The minimum absolute atomic E-state index is 0. The summed E-state index contributed by atoms with van der Waals surface area (Å²) in [5, 5.41) is 8.44. The first-order valence-electron chi connectivity index (χ1n) is 2.29. The first kappa shape index (κ1) is 8.04. The average Bonchev–Trinajstić information content (AvgIpc) is 1.90. The molecule has 1 aromatic rings. The Balaban J connectivity index is 0.000000640. The van der Waals surface area contributed by atoms with Gasteiger partial charge in [0.1, 0.15) is 0 Å². The van der Waals surface area contributed by atoms with Crippen molar-refractivity contribution in [1.82, 2.24) is 9.97 Å². The summed E-state index contributed by atoms with van der Waals surface area (Å²) in [6, 6.07) is 0. The molecule has 0 aromatic carbocycles. The summed E-state index contributed by atoms with van der Waals surface area (Å²) < 4.78 is 0. The molecule has 1 rings (SSSR count). The Kier molecular flexibility index (Phi) is 3.55. The molecule has 0 aliphatic heterocycles. The molecule has 0 aliphatic carbocycles. The lowest BCUT2D eigenvalue weighted by molar-refractivity contribution is 0.276. The van der Waals surface area contributed by atoms with Crippen molar-refractivity contribution in [2.24, 2.45) is 0 Å². The van der Waals surface area contributed by atoms with Crippen LogP contribution in [-0.2, 0) is 6.61 Å². The van der Waals surface area contributed by atoms with Crippen LogP contribution in [0.4, 0.5) is 0 Å². The van der Waals surface area contributed by atoms with E-state index in [9.17, 15) is 0 Å². The summed E-state index contributed by atoms with van der Waals surface area (Å²) >= 11 is 0. The van der Waals surface area contributed by atoms with Crippen molar-refractivity contribution in [2.75, 3.05) is 0 Å². The molecule has 1 N–H and O–H groups in total. The Morgan fingerprint density at radius 2 is 2.22 bits per heavy atom. The lowest BCUT2D eigenvalue weighted by atomic mass is 10.5. The summed E-state index contributed by atoms with van der Waals surface area (Å²) in [6.07, 6.45) is 4.64. The van der Waals surface area contributed by atoms with E-state index in [2.05, 4.69) is 9.97 Å². The first-order chi connectivity index (χ1) is 3.93. The Morgan fingerprint density at radius 3 is 2.56 bits per heavy atom. The Labute approximate surface area is 54.4 Å². The predicted molar refractivity (Wildman–Crippen MR) is 34.7 cm³/mol. The number of rotatable bonds is 1. The zero-order valence-corrected chi connectivity index (χ0v) is 4.28. The van der Waals surface area contributed by atoms with Gasteiger partial charge in [0.25, 0.3) is 0 Å². The highest BCUT2D eigenvalue weighted by molar-refractivity contribution is 4.91. The quantitative estimate of drug-likeness (QED) is 0.599. The molecule has 0 fully saturated rings. The van der Waals surface area contributed by atoms with E-state index in [1.165, 1.54) is 6.20 Å². The summed E-state index contributed by atoms with van der Waals surface area (Å²) in [4.78, 5) is 7.52. The van der Waals surface area contributed by atoms with Crippen molar-refractivity contribution in [3.05, 3.63) is 24.3 Å². The maximum Gasteiger partial charge on any atom is 0.0868 e. The van der Waals surface area contributed by atoms with Crippen LogP contribution in [0.5, 0.6) is 0 Å². The molecule has 0 aliphatic rings. The topological polar surface area (TPSA) is 46.0 Å². The van der Waals surface area contributed by atoms with E-state index >= 15 is 0 Å². The van der Waals surface area contributed by atoms with Gasteiger partial charge in [0, 0.05) is 12.4 Å². The fourth-order valence-corrected chi connectivity index (χ4v) is 0.412. The highest BCUT2D eigenvalue weighted by atomic mass is 16.3. The van der Waals surface area contributed by atoms with Gasteiger partial charge >= 0.3 is 0 Å². The summed E-state index contributed by atoms with van der Waals surface area (Å²) in [5.41, 5.74) is 0.604. The van der Waals surface area contributed by atoms with Gasteiger partial charge in [0.15, 0.2) is 0 Å². The molecule has 0 spiro atoms. The molecule has 0 amide bonds. The molecule has 50 valence electrons. The van der Waals surface area contributed by atoms with E-state index in [-0.39, 0.29) is 14.0 Å².